The molecule has 0 bridgehead atoms. The summed E-state index contributed by atoms with van der Waals surface area (Å²) in [5.74, 6) is 0.258. The second kappa shape index (κ2) is 8.59. The van der Waals surface area contributed by atoms with Gasteiger partial charge in [0.2, 0.25) is 0 Å². The first-order valence-electron chi connectivity index (χ1n) is 3.82. The molecule has 0 aliphatic carbocycles. The second-order valence-corrected chi connectivity index (χ2v) is 2.69. The van der Waals surface area contributed by atoms with Crippen LogP contribution in [-0.4, -0.2) is 5.78 Å². The van der Waals surface area contributed by atoms with Gasteiger partial charge in [-0.3, -0.25) is 0 Å². The average Bonchev–Trinajstić information content (AvgIpc) is 2.03. The molecule has 0 aliphatic heterocycles. The van der Waals surface area contributed by atoms with Gasteiger partial charge in [0, 0.05) is 39.1 Å². The first-order valence-corrected chi connectivity index (χ1v) is 3.82. The molecule has 1 rings (SSSR count). The molecule has 0 atom stereocenters. The molecule has 1 aromatic carbocycles. The third kappa shape index (κ3) is 7.09. The molecule has 1 radical (unpaired) electrons. The van der Waals surface area contributed by atoms with Gasteiger partial charge < -0.3 is 12.2 Å². The van der Waals surface area contributed by atoms with E-state index in [0.29, 0.717) is 6.42 Å². The molecule has 1 aromatic rings. The number of hydrogen-bond donors (Lipinski definition) is 0. The van der Waals surface area contributed by atoms with Gasteiger partial charge in [-0.1, -0.05) is 30.3 Å². The number of ketones is 1. The number of hydrogen-bond acceptors (Lipinski definition) is 1. The van der Waals surface area contributed by atoms with E-state index in [9.17, 15) is 4.79 Å². The van der Waals surface area contributed by atoms with Gasteiger partial charge in [-0.2, -0.15) is 0 Å². The molecule has 0 amide bonds. The minimum absolute atomic E-state index is 0. The fourth-order valence-corrected chi connectivity index (χ4v) is 0.965. The number of benzene rings is 1. The first-order chi connectivity index (χ1) is 5.29. The minimum atomic E-state index is 0. The van der Waals surface area contributed by atoms with Crippen LogP contribution < -0.4 is 0 Å². The van der Waals surface area contributed by atoms with Crippen LogP contribution in [0.1, 0.15) is 18.9 Å². The summed E-state index contributed by atoms with van der Waals surface area (Å²) >= 11 is 0. The Hall–Kier alpha value is -0.00610. The number of aryl methyl sites for hydroxylation is 1. The Morgan fingerprint density at radius 2 is 1.77 bits per heavy atom. The van der Waals surface area contributed by atoms with Crippen molar-refractivity contribution in [2.24, 2.45) is 0 Å². The van der Waals surface area contributed by atoms with Crippen molar-refractivity contribution in [3.63, 3.8) is 0 Å². The SMILES string of the molecule is CC(=O)CCc1ccccc1.[CH3-].[Y]. The molecular weight excluding hydrogens is 237 g/mol. The smallest absolute Gasteiger partial charge is 0.130 e. The molecule has 0 aliphatic rings. The maximum absolute atomic E-state index is 10.6. The molecule has 0 saturated carbocycles. The van der Waals surface area contributed by atoms with E-state index < -0.39 is 0 Å². The van der Waals surface area contributed by atoms with Crippen molar-refractivity contribution in [3.8, 4) is 0 Å². The van der Waals surface area contributed by atoms with Crippen LogP contribution >= 0.6 is 0 Å². The van der Waals surface area contributed by atoms with Crippen molar-refractivity contribution in [1.82, 2.24) is 0 Å². The Bertz CT molecular complexity index is 231. The summed E-state index contributed by atoms with van der Waals surface area (Å²) in [6.07, 6.45) is 1.53. The van der Waals surface area contributed by atoms with E-state index in [2.05, 4.69) is 0 Å². The maximum Gasteiger partial charge on any atom is 0.130 e. The monoisotopic (exact) mass is 252 g/mol. The minimum Gasteiger partial charge on any atom is -0.358 e. The number of carbonyl (C=O) groups excluding carboxylic acids is 1. The topological polar surface area (TPSA) is 17.1 Å². The van der Waals surface area contributed by atoms with Crippen LogP contribution in [0.4, 0.5) is 0 Å². The predicted octanol–water partition coefficient (Wildman–Crippen LogP) is 2.66. The van der Waals surface area contributed by atoms with Gasteiger partial charge in [-0.25, -0.2) is 0 Å². The zero-order valence-electron chi connectivity index (χ0n) is 8.29. The van der Waals surface area contributed by atoms with E-state index in [1.54, 1.807) is 6.92 Å². The van der Waals surface area contributed by atoms with Crippen LogP contribution in [0.15, 0.2) is 30.3 Å². The molecule has 0 N–H and O–H groups in total. The summed E-state index contributed by atoms with van der Waals surface area (Å²) in [4.78, 5) is 10.6. The van der Waals surface area contributed by atoms with Crippen LogP contribution in [0.3, 0.4) is 0 Å². The van der Waals surface area contributed by atoms with E-state index in [1.165, 1.54) is 5.56 Å². The van der Waals surface area contributed by atoms with E-state index >= 15 is 0 Å². The quantitative estimate of drug-likeness (QED) is 0.756. The summed E-state index contributed by atoms with van der Waals surface area (Å²) in [6, 6.07) is 10.1. The summed E-state index contributed by atoms with van der Waals surface area (Å²) in [6.45, 7) is 1.63. The first kappa shape index (κ1) is 15.5. The normalized spacial score (nSPS) is 8.08. The summed E-state index contributed by atoms with van der Waals surface area (Å²) in [7, 11) is 0. The molecule has 0 aromatic heterocycles. The van der Waals surface area contributed by atoms with E-state index in [-0.39, 0.29) is 45.9 Å². The van der Waals surface area contributed by atoms with Gasteiger partial charge in [0.25, 0.3) is 0 Å². The number of Topliss-reactive ketones (excluding diaryl/α,β-unsaturated/α-hetero) is 1. The predicted molar refractivity (Wildman–Crippen MR) is 51.9 cm³/mol. The zero-order valence-corrected chi connectivity index (χ0v) is 11.1. The van der Waals surface area contributed by atoms with Gasteiger partial charge in [0.15, 0.2) is 0 Å². The van der Waals surface area contributed by atoms with Gasteiger partial charge in [-0.05, 0) is 18.9 Å². The fraction of sp³-hybridized carbons (Fsp3) is 0.273. The third-order valence-electron chi connectivity index (χ3n) is 1.61. The summed E-state index contributed by atoms with van der Waals surface area (Å²) in [5.41, 5.74) is 1.24. The third-order valence-corrected chi connectivity index (χ3v) is 1.61. The van der Waals surface area contributed by atoms with Crippen molar-refractivity contribution in [3.05, 3.63) is 43.3 Å². The largest absolute Gasteiger partial charge is 0.358 e. The van der Waals surface area contributed by atoms with Gasteiger partial charge >= 0.3 is 0 Å². The summed E-state index contributed by atoms with van der Waals surface area (Å²) in [5, 5.41) is 0. The standard InChI is InChI=1S/C10H12O.CH3.Y/c1-9(11)7-8-10-5-3-2-4-6-10;;/h2-6H,7-8H2,1H3;1H3;/q;-1;. The molecule has 0 saturated heterocycles. The van der Waals surface area contributed by atoms with E-state index in [0.717, 1.165) is 6.42 Å². The van der Waals surface area contributed by atoms with Crippen LogP contribution in [-0.2, 0) is 43.9 Å². The zero-order chi connectivity index (χ0) is 8.10. The van der Waals surface area contributed by atoms with Crippen LogP contribution in [0.25, 0.3) is 0 Å². The van der Waals surface area contributed by atoms with E-state index in [4.69, 9.17) is 0 Å². The maximum atomic E-state index is 10.6. The fourth-order valence-electron chi connectivity index (χ4n) is 0.965. The van der Waals surface area contributed by atoms with Crippen LogP contribution in [0.5, 0.6) is 0 Å². The second-order valence-electron chi connectivity index (χ2n) is 2.69. The molecule has 0 unspecified atom stereocenters. The molecule has 0 spiro atoms. The Morgan fingerprint density at radius 1 is 1.23 bits per heavy atom. The molecule has 0 fully saturated rings. The van der Waals surface area contributed by atoms with Gasteiger partial charge in [0.05, 0.1) is 0 Å². The number of carbonyl (C=O) groups is 1. The molecule has 2 heteroatoms. The van der Waals surface area contributed by atoms with Gasteiger partial charge in [0.1, 0.15) is 5.78 Å². The van der Waals surface area contributed by atoms with Crippen molar-refractivity contribution in [1.29, 1.82) is 0 Å². The molecular formula is C11H15OY-. The Labute approximate surface area is 106 Å². The molecule has 13 heavy (non-hydrogen) atoms. The average molecular weight is 252 g/mol. The molecule has 69 valence electrons. The van der Waals surface area contributed by atoms with Crippen molar-refractivity contribution < 1.29 is 37.5 Å². The Morgan fingerprint density at radius 3 is 2.23 bits per heavy atom. The van der Waals surface area contributed by atoms with Crippen LogP contribution in [0, 0.1) is 7.43 Å². The Balaban J connectivity index is 0. The van der Waals surface area contributed by atoms with Crippen molar-refractivity contribution >= 4 is 5.78 Å². The van der Waals surface area contributed by atoms with Crippen molar-refractivity contribution in [2.45, 2.75) is 19.8 Å². The van der Waals surface area contributed by atoms with E-state index in [1.807, 2.05) is 30.3 Å². The molecule has 1 nitrogen and oxygen atoms in total. The summed E-state index contributed by atoms with van der Waals surface area (Å²) < 4.78 is 0. The number of rotatable bonds is 3. The van der Waals surface area contributed by atoms with Crippen LogP contribution in [0.2, 0.25) is 0 Å². The van der Waals surface area contributed by atoms with Gasteiger partial charge in [-0.15, -0.1) is 0 Å². The molecule has 0 heterocycles. The van der Waals surface area contributed by atoms with Crippen molar-refractivity contribution in [2.75, 3.05) is 0 Å². The Kier molecular flexibility index (Phi) is 10.2.